The number of benzene rings is 2. The maximum absolute atomic E-state index is 12.2. The highest BCUT2D eigenvalue weighted by atomic mass is 16.5. The van der Waals surface area contributed by atoms with Gasteiger partial charge in [-0.3, -0.25) is 4.79 Å². The molecule has 27 heavy (non-hydrogen) atoms. The molecular formula is C21H18N4O2. The monoisotopic (exact) mass is 358 g/mol. The first-order chi connectivity index (χ1) is 13.2. The quantitative estimate of drug-likeness (QED) is 0.722. The average molecular weight is 358 g/mol. The van der Waals surface area contributed by atoms with E-state index in [1.54, 1.807) is 48.7 Å². The molecule has 3 rings (SSSR count). The number of rotatable bonds is 6. The highest BCUT2D eigenvalue weighted by Crippen LogP contribution is 2.22. The fourth-order valence-corrected chi connectivity index (χ4v) is 2.42. The zero-order valence-corrected chi connectivity index (χ0v) is 14.8. The van der Waals surface area contributed by atoms with Crippen LogP contribution >= 0.6 is 0 Å². The second kappa shape index (κ2) is 8.59. The lowest BCUT2D eigenvalue weighted by Crippen LogP contribution is -2.15. The Morgan fingerprint density at radius 3 is 2.37 bits per heavy atom. The smallest absolute Gasteiger partial charge is 0.229 e. The van der Waals surface area contributed by atoms with Crippen LogP contribution in [0, 0.1) is 11.3 Å². The van der Waals surface area contributed by atoms with E-state index in [2.05, 4.69) is 21.4 Å². The molecule has 0 aliphatic rings. The number of hydrogen-bond acceptors (Lipinski definition) is 5. The Bertz CT molecular complexity index is 961. The van der Waals surface area contributed by atoms with Crippen LogP contribution in [-0.4, -0.2) is 15.9 Å². The molecule has 0 spiro atoms. The van der Waals surface area contributed by atoms with Gasteiger partial charge in [0.2, 0.25) is 5.91 Å². The first-order valence-electron chi connectivity index (χ1n) is 8.55. The van der Waals surface area contributed by atoms with Crippen LogP contribution in [0.4, 0.5) is 5.82 Å². The van der Waals surface area contributed by atoms with Gasteiger partial charge in [0.25, 0.3) is 0 Å². The molecule has 0 aliphatic heterocycles. The standard InChI is InChI=1S/C21H18N4O2/c1-2-19-23-12-11-20(24-19)25-21(26)13-15-3-7-17(8-4-15)27-18-9-5-16(14-22)6-10-18/h3-12H,2,13H2,1H3,(H,23,24,25,26). The van der Waals surface area contributed by atoms with Gasteiger partial charge in [0, 0.05) is 12.6 Å². The zero-order valence-electron chi connectivity index (χ0n) is 14.8. The van der Waals surface area contributed by atoms with E-state index in [-0.39, 0.29) is 12.3 Å². The lowest BCUT2D eigenvalue weighted by atomic mass is 10.1. The summed E-state index contributed by atoms with van der Waals surface area (Å²) in [5, 5.41) is 11.6. The number of carbonyl (C=O) groups excluding carboxylic acids is 1. The van der Waals surface area contributed by atoms with Crippen LogP contribution in [0.15, 0.2) is 60.8 Å². The Kier molecular flexibility index (Phi) is 5.75. The molecule has 0 atom stereocenters. The maximum atomic E-state index is 12.2. The third kappa shape index (κ3) is 5.13. The molecule has 6 heteroatoms. The number of aromatic nitrogens is 2. The van der Waals surface area contributed by atoms with Gasteiger partial charge in [0.1, 0.15) is 23.1 Å². The number of aryl methyl sites for hydroxylation is 1. The Labute approximate surface area is 157 Å². The lowest BCUT2D eigenvalue weighted by molar-refractivity contribution is -0.115. The summed E-state index contributed by atoms with van der Waals surface area (Å²) in [6, 6.07) is 17.9. The minimum absolute atomic E-state index is 0.142. The van der Waals surface area contributed by atoms with Crippen molar-refractivity contribution in [3.05, 3.63) is 77.7 Å². The Morgan fingerprint density at radius 1 is 1.07 bits per heavy atom. The molecule has 134 valence electrons. The van der Waals surface area contributed by atoms with Crippen molar-refractivity contribution in [1.82, 2.24) is 9.97 Å². The number of carbonyl (C=O) groups is 1. The second-order valence-corrected chi connectivity index (χ2v) is 5.82. The van der Waals surface area contributed by atoms with E-state index in [0.29, 0.717) is 35.1 Å². The van der Waals surface area contributed by atoms with Crippen LogP contribution < -0.4 is 10.1 Å². The molecule has 1 N–H and O–H groups in total. The fraction of sp³-hybridized carbons (Fsp3) is 0.143. The minimum atomic E-state index is -0.142. The zero-order chi connectivity index (χ0) is 19.1. The Hall–Kier alpha value is -3.72. The molecule has 3 aromatic rings. The Morgan fingerprint density at radius 2 is 1.74 bits per heavy atom. The van der Waals surface area contributed by atoms with E-state index < -0.39 is 0 Å². The van der Waals surface area contributed by atoms with Gasteiger partial charge in [0.05, 0.1) is 18.1 Å². The van der Waals surface area contributed by atoms with Gasteiger partial charge in [-0.05, 0) is 48.0 Å². The van der Waals surface area contributed by atoms with Crippen molar-refractivity contribution in [2.45, 2.75) is 19.8 Å². The first kappa shape index (κ1) is 18.1. The van der Waals surface area contributed by atoms with Gasteiger partial charge in [-0.1, -0.05) is 19.1 Å². The molecule has 0 saturated carbocycles. The largest absolute Gasteiger partial charge is 0.457 e. The molecule has 1 amide bonds. The molecule has 0 radical (unpaired) electrons. The Balaban J connectivity index is 1.58. The highest BCUT2D eigenvalue weighted by Gasteiger charge is 2.06. The summed E-state index contributed by atoms with van der Waals surface area (Å²) in [6.45, 7) is 1.96. The van der Waals surface area contributed by atoms with Crippen molar-refractivity contribution >= 4 is 11.7 Å². The third-order valence-electron chi connectivity index (χ3n) is 3.80. The molecule has 0 bridgehead atoms. The third-order valence-corrected chi connectivity index (χ3v) is 3.80. The van der Waals surface area contributed by atoms with Crippen LogP contribution in [0.3, 0.4) is 0 Å². The van der Waals surface area contributed by atoms with Crippen LogP contribution in [0.25, 0.3) is 0 Å². The van der Waals surface area contributed by atoms with E-state index in [4.69, 9.17) is 10.00 Å². The lowest BCUT2D eigenvalue weighted by Gasteiger charge is -2.08. The number of ether oxygens (including phenoxy) is 1. The van der Waals surface area contributed by atoms with Crippen LogP contribution in [-0.2, 0) is 17.6 Å². The molecule has 2 aromatic carbocycles. The van der Waals surface area contributed by atoms with Crippen LogP contribution in [0.5, 0.6) is 11.5 Å². The van der Waals surface area contributed by atoms with Gasteiger partial charge in [-0.15, -0.1) is 0 Å². The van der Waals surface area contributed by atoms with Crippen molar-refractivity contribution in [1.29, 1.82) is 5.26 Å². The highest BCUT2D eigenvalue weighted by molar-refractivity contribution is 5.91. The van der Waals surface area contributed by atoms with E-state index in [9.17, 15) is 4.79 Å². The van der Waals surface area contributed by atoms with Gasteiger partial charge in [-0.2, -0.15) is 5.26 Å². The van der Waals surface area contributed by atoms with Crippen molar-refractivity contribution in [3.8, 4) is 17.6 Å². The number of anilines is 1. The van der Waals surface area contributed by atoms with Crippen molar-refractivity contribution in [3.63, 3.8) is 0 Å². The summed E-state index contributed by atoms with van der Waals surface area (Å²) in [6.07, 6.45) is 2.59. The predicted octanol–water partition coefficient (Wildman–Crippen LogP) is 3.88. The van der Waals surface area contributed by atoms with E-state index >= 15 is 0 Å². The molecule has 0 fully saturated rings. The van der Waals surface area contributed by atoms with Gasteiger partial charge >= 0.3 is 0 Å². The molecule has 1 aromatic heterocycles. The van der Waals surface area contributed by atoms with Crippen molar-refractivity contribution in [2.75, 3.05) is 5.32 Å². The number of hydrogen-bond donors (Lipinski definition) is 1. The fourth-order valence-electron chi connectivity index (χ4n) is 2.42. The summed E-state index contributed by atoms with van der Waals surface area (Å²) in [7, 11) is 0. The SMILES string of the molecule is CCc1nccc(NC(=O)Cc2ccc(Oc3ccc(C#N)cc3)cc2)n1. The van der Waals surface area contributed by atoms with Crippen LogP contribution in [0.1, 0.15) is 23.9 Å². The van der Waals surface area contributed by atoms with Crippen LogP contribution in [0.2, 0.25) is 0 Å². The average Bonchev–Trinajstić information content (AvgIpc) is 2.70. The summed E-state index contributed by atoms with van der Waals surface area (Å²) in [4.78, 5) is 20.6. The molecule has 0 unspecified atom stereocenters. The first-order valence-corrected chi connectivity index (χ1v) is 8.55. The van der Waals surface area contributed by atoms with Gasteiger partial charge in [-0.25, -0.2) is 9.97 Å². The van der Waals surface area contributed by atoms with Gasteiger partial charge < -0.3 is 10.1 Å². The summed E-state index contributed by atoms with van der Waals surface area (Å²) < 4.78 is 5.73. The second-order valence-electron chi connectivity index (χ2n) is 5.82. The number of amides is 1. The molecule has 0 saturated heterocycles. The predicted molar refractivity (Wildman–Crippen MR) is 101 cm³/mol. The number of nitriles is 1. The number of nitrogens with zero attached hydrogens (tertiary/aromatic N) is 3. The van der Waals surface area contributed by atoms with E-state index in [0.717, 1.165) is 5.56 Å². The summed E-state index contributed by atoms with van der Waals surface area (Å²) >= 11 is 0. The number of nitrogens with one attached hydrogen (secondary N) is 1. The van der Waals surface area contributed by atoms with Gasteiger partial charge in [0.15, 0.2) is 0 Å². The van der Waals surface area contributed by atoms with Crippen molar-refractivity contribution < 1.29 is 9.53 Å². The minimum Gasteiger partial charge on any atom is -0.457 e. The molecule has 6 nitrogen and oxygen atoms in total. The topological polar surface area (TPSA) is 87.9 Å². The summed E-state index contributed by atoms with van der Waals surface area (Å²) in [5.74, 6) is 2.36. The maximum Gasteiger partial charge on any atom is 0.229 e. The molecule has 1 heterocycles. The molecule has 0 aliphatic carbocycles. The summed E-state index contributed by atoms with van der Waals surface area (Å²) in [5.41, 5.74) is 1.45. The molecular weight excluding hydrogens is 340 g/mol. The van der Waals surface area contributed by atoms with Crippen molar-refractivity contribution in [2.24, 2.45) is 0 Å². The van der Waals surface area contributed by atoms with E-state index in [1.165, 1.54) is 0 Å². The normalized spacial score (nSPS) is 10.1. The van der Waals surface area contributed by atoms with E-state index in [1.807, 2.05) is 19.1 Å².